The minimum atomic E-state index is 0.684. The van der Waals surface area contributed by atoms with Crippen LogP contribution < -0.4 is 0 Å². The van der Waals surface area contributed by atoms with E-state index in [2.05, 4.69) is 24.7 Å². The predicted octanol–water partition coefficient (Wildman–Crippen LogP) is 3.56. The molecule has 0 aliphatic heterocycles. The summed E-state index contributed by atoms with van der Waals surface area (Å²) in [6, 6.07) is 0.684. The van der Waals surface area contributed by atoms with Gasteiger partial charge in [-0.3, -0.25) is 4.68 Å². The lowest BCUT2D eigenvalue weighted by Crippen LogP contribution is -2.05. The molecule has 0 unspecified atom stereocenters. The number of nitrogens with zero attached hydrogens (tertiary/aromatic N) is 2. The van der Waals surface area contributed by atoms with Crippen LogP contribution in [0.15, 0.2) is 6.20 Å². The number of aromatic nitrogens is 2. The van der Waals surface area contributed by atoms with Gasteiger partial charge in [0.15, 0.2) is 0 Å². The van der Waals surface area contributed by atoms with Crippen LogP contribution in [-0.4, -0.2) is 15.5 Å². The fourth-order valence-electron chi connectivity index (χ4n) is 2.22. The Bertz CT molecular complexity index is 313. The van der Waals surface area contributed by atoms with E-state index in [4.69, 9.17) is 5.10 Å². The molecule has 1 fully saturated rings. The second kappa shape index (κ2) is 5.06. The number of aryl methyl sites for hydroxylation is 1. The molecule has 0 radical (unpaired) electrons. The van der Waals surface area contributed by atoms with E-state index in [1.165, 1.54) is 42.7 Å². The fourth-order valence-corrected chi connectivity index (χ4v) is 2.90. The summed E-state index contributed by atoms with van der Waals surface area (Å²) in [6.07, 6.45) is 7.63. The summed E-state index contributed by atoms with van der Waals surface area (Å²) in [5.41, 5.74) is 2.65. The summed E-state index contributed by atoms with van der Waals surface area (Å²) >= 11 is 1.96. The van der Waals surface area contributed by atoms with Crippen LogP contribution in [0.3, 0.4) is 0 Å². The first kappa shape index (κ1) is 11.1. The summed E-state index contributed by atoms with van der Waals surface area (Å²) in [4.78, 5) is 0. The molecule has 1 aliphatic rings. The molecule has 1 aliphatic carbocycles. The van der Waals surface area contributed by atoms with Crippen molar-refractivity contribution in [2.45, 2.75) is 51.3 Å². The quantitative estimate of drug-likeness (QED) is 0.778. The van der Waals surface area contributed by atoms with E-state index >= 15 is 0 Å². The minimum Gasteiger partial charge on any atom is -0.269 e. The van der Waals surface area contributed by atoms with Crippen LogP contribution in [0.2, 0.25) is 0 Å². The molecule has 0 spiro atoms. The average Bonchev–Trinajstić information content (AvgIpc) is 2.83. The van der Waals surface area contributed by atoms with E-state index < -0.39 is 0 Å². The molecule has 1 heterocycles. The van der Waals surface area contributed by atoms with Gasteiger partial charge in [0.2, 0.25) is 0 Å². The van der Waals surface area contributed by atoms with Gasteiger partial charge in [-0.25, -0.2) is 0 Å². The molecule has 1 aromatic heterocycles. The van der Waals surface area contributed by atoms with E-state index in [0.29, 0.717) is 6.04 Å². The summed E-state index contributed by atoms with van der Waals surface area (Å²) < 4.78 is 2.22. The molecule has 0 saturated heterocycles. The molecule has 0 atom stereocenters. The van der Waals surface area contributed by atoms with Crippen LogP contribution in [0, 0.1) is 6.92 Å². The highest BCUT2D eigenvalue weighted by molar-refractivity contribution is 7.98. The zero-order valence-corrected chi connectivity index (χ0v) is 10.5. The van der Waals surface area contributed by atoms with Gasteiger partial charge >= 0.3 is 0 Å². The lowest BCUT2D eigenvalue weighted by molar-refractivity contribution is 0.464. The molecule has 84 valence electrons. The van der Waals surface area contributed by atoms with Crippen molar-refractivity contribution in [1.82, 2.24) is 9.78 Å². The predicted molar refractivity (Wildman–Crippen MR) is 66.3 cm³/mol. The maximum absolute atomic E-state index is 4.73. The minimum absolute atomic E-state index is 0.684. The molecule has 1 saturated carbocycles. The molecular formula is C12H20N2S. The van der Waals surface area contributed by atoms with Gasteiger partial charge in [0, 0.05) is 11.9 Å². The van der Waals surface area contributed by atoms with Crippen molar-refractivity contribution in [2.24, 2.45) is 0 Å². The van der Waals surface area contributed by atoms with Crippen molar-refractivity contribution in [3.8, 4) is 0 Å². The Morgan fingerprint density at radius 3 is 2.87 bits per heavy atom. The number of hydrogen-bond donors (Lipinski definition) is 0. The normalized spacial score (nSPS) is 17.5. The highest BCUT2D eigenvalue weighted by atomic mass is 32.2. The summed E-state index contributed by atoms with van der Waals surface area (Å²) in [5.74, 6) is 2.25. The fraction of sp³-hybridized carbons (Fsp3) is 0.750. The Morgan fingerprint density at radius 2 is 2.20 bits per heavy atom. The van der Waals surface area contributed by atoms with E-state index in [9.17, 15) is 0 Å². The van der Waals surface area contributed by atoms with E-state index in [0.717, 1.165) is 5.75 Å². The highest BCUT2D eigenvalue weighted by Gasteiger charge is 2.18. The maximum Gasteiger partial charge on any atom is 0.0752 e. The molecule has 15 heavy (non-hydrogen) atoms. The van der Waals surface area contributed by atoms with Crippen LogP contribution in [0.1, 0.15) is 49.9 Å². The van der Waals surface area contributed by atoms with Gasteiger partial charge in [-0.2, -0.15) is 16.9 Å². The van der Waals surface area contributed by atoms with Crippen molar-refractivity contribution in [3.63, 3.8) is 0 Å². The van der Waals surface area contributed by atoms with Crippen molar-refractivity contribution in [3.05, 3.63) is 17.5 Å². The average molecular weight is 224 g/mol. The van der Waals surface area contributed by atoms with Gasteiger partial charge in [0.25, 0.3) is 0 Å². The van der Waals surface area contributed by atoms with Gasteiger partial charge in [0.1, 0.15) is 0 Å². The van der Waals surface area contributed by atoms with Crippen LogP contribution in [0.4, 0.5) is 0 Å². The van der Waals surface area contributed by atoms with Gasteiger partial charge < -0.3 is 0 Å². The number of hydrogen-bond acceptors (Lipinski definition) is 2. The second-order valence-corrected chi connectivity index (χ2v) is 5.59. The molecule has 3 heteroatoms. The Kier molecular flexibility index (Phi) is 3.73. The molecule has 2 nitrogen and oxygen atoms in total. The van der Waals surface area contributed by atoms with E-state index in [-0.39, 0.29) is 0 Å². The van der Waals surface area contributed by atoms with Crippen molar-refractivity contribution in [1.29, 1.82) is 0 Å². The third-order valence-electron chi connectivity index (χ3n) is 3.16. The Morgan fingerprint density at radius 1 is 1.47 bits per heavy atom. The molecule has 1 aromatic rings. The third-order valence-corrected chi connectivity index (χ3v) is 4.04. The molecule has 0 amide bonds. The largest absolute Gasteiger partial charge is 0.269 e. The second-order valence-electron chi connectivity index (χ2n) is 4.31. The lowest BCUT2D eigenvalue weighted by Gasteiger charge is -2.08. The molecular weight excluding hydrogens is 204 g/mol. The van der Waals surface area contributed by atoms with Crippen molar-refractivity contribution < 1.29 is 0 Å². The van der Waals surface area contributed by atoms with E-state index in [1.54, 1.807) is 0 Å². The van der Waals surface area contributed by atoms with Gasteiger partial charge in [-0.15, -0.1) is 0 Å². The zero-order valence-electron chi connectivity index (χ0n) is 9.70. The van der Waals surface area contributed by atoms with Crippen LogP contribution in [0.5, 0.6) is 0 Å². The smallest absolute Gasteiger partial charge is 0.0752 e. The van der Waals surface area contributed by atoms with Gasteiger partial charge in [0.05, 0.1) is 11.7 Å². The standard InChI is InChI=1S/C12H20N2S/c1-3-15-9-12-10(2)8-14(13-12)11-6-4-5-7-11/h8,11H,3-7,9H2,1-2H3. The first-order valence-electron chi connectivity index (χ1n) is 5.93. The van der Waals surface area contributed by atoms with Crippen molar-refractivity contribution in [2.75, 3.05) is 5.75 Å². The molecule has 0 bridgehead atoms. The molecule has 0 aromatic carbocycles. The Balaban J connectivity index is 2.06. The SMILES string of the molecule is CCSCc1nn(C2CCCC2)cc1C. The van der Waals surface area contributed by atoms with Crippen molar-refractivity contribution >= 4 is 11.8 Å². The highest BCUT2D eigenvalue weighted by Crippen LogP contribution is 2.29. The van der Waals surface area contributed by atoms with Crippen LogP contribution in [0.25, 0.3) is 0 Å². The summed E-state index contributed by atoms with van der Waals surface area (Å²) in [5, 5.41) is 4.73. The summed E-state index contributed by atoms with van der Waals surface area (Å²) in [6.45, 7) is 4.39. The Hall–Kier alpha value is -0.440. The van der Waals surface area contributed by atoms with E-state index in [1.807, 2.05) is 11.8 Å². The topological polar surface area (TPSA) is 17.8 Å². The van der Waals surface area contributed by atoms with Crippen LogP contribution >= 0.6 is 11.8 Å². The lowest BCUT2D eigenvalue weighted by atomic mass is 10.2. The zero-order chi connectivity index (χ0) is 10.7. The monoisotopic (exact) mass is 224 g/mol. The first-order chi connectivity index (χ1) is 7.31. The Labute approximate surface area is 96.4 Å². The maximum atomic E-state index is 4.73. The third kappa shape index (κ3) is 2.57. The molecule has 0 N–H and O–H groups in total. The van der Waals surface area contributed by atoms with Crippen LogP contribution in [-0.2, 0) is 5.75 Å². The summed E-state index contributed by atoms with van der Waals surface area (Å²) in [7, 11) is 0. The van der Waals surface area contributed by atoms with Gasteiger partial charge in [-0.05, 0) is 31.1 Å². The molecule has 2 rings (SSSR count). The number of rotatable bonds is 4. The first-order valence-corrected chi connectivity index (χ1v) is 7.09. The number of thioether (sulfide) groups is 1. The van der Waals surface area contributed by atoms with Gasteiger partial charge in [-0.1, -0.05) is 19.8 Å².